The van der Waals surface area contributed by atoms with Gasteiger partial charge in [-0.05, 0) is 24.3 Å². The highest BCUT2D eigenvalue weighted by atomic mass is 32.2. The Hall–Kier alpha value is -3.31. The van der Waals surface area contributed by atoms with Crippen molar-refractivity contribution in [1.29, 1.82) is 0 Å². The van der Waals surface area contributed by atoms with Gasteiger partial charge in [-0.2, -0.15) is 13.2 Å². The van der Waals surface area contributed by atoms with Crippen molar-refractivity contribution in [3.63, 3.8) is 0 Å². The summed E-state index contributed by atoms with van der Waals surface area (Å²) in [6.07, 6.45) is -3.16. The molecule has 0 atom stereocenters. The van der Waals surface area contributed by atoms with Crippen LogP contribution in [0.3, 0.4) is 0 Å². The summed E-state index contributed by atoms with van der Waals surface area (Å²) in [5.41, 5.74) is -1.06. The van der Waals surface area contributed by atoms with Crippen LogP contribution in [0.25, 0.3) is 22.2 Å². The number of Topliss-reactive ketones (excluding diaryl/α,β-unsaturated/α-hetero) is 1. The van der Waals surface area contributed by atoms with Gasteiger partial charge in [0.25, 0.3) is 0 Å². The van der Waals surface area contributed by atoms with Crippen molar-refractivity contribution in [3.05, 3.63) is 59.2 Å². The number of hydrogen-bond acceptors (Lipinski definition) is 6. The molecule has 4 rings (SSSR count). The van der Waals surface area contributed by atoms with Crippen LogP contribution in [0.15, 0.2) is 47.4 Å². The zero-order chi connectivity index (χ0) is 25.5. The lowest BCUT2D eigenvalue weighted by molar-refractivity contribution is -0.137. The normalized spacial score (nSPS) is 15.5. The average Bonchev–Trinajstić information content (AvgIpc) is 2.78. The number of hydrogen-bond donors (Lipinski definition) is 1. The molecule has 1 saturated heterocycles. The molecular formula is C24H21F3N2O5S. The van der Waals surface area contributed by atoms with E-state index in [1.54, 1.807) is 0 Å². The maximum absolute atomic E-state index is 13.4. The van der Waals surface area contributed by atoms with Crippen molar-refractivity contribution in [2.45, 2.75) is 30.5 Å². The monoisotopic (exact) mass is 506 g/mol. The quantitative estimate of drug-likeness (QED) is 0.553. The number of likely N-dealkylation sites (tertiary alicyclic amines) is 1. The number of benzene rings is 2. The van der Waals surface area contributed by atoms with Gasteiger partial charge in [0, 0.05) is 55.2 Å². The van der Waals surface area contributed by atoms with Crippen LogP contribution in [0.2, 0.25) is 0 Å². The third kappa shape index (κ3) is 5.06. The number of rotatable bonds is 5. The minimum atomic E-state index is -4.63. The zero-order valence-electron chi connectivity index (χ0n) is 18.6. The minimum Gasteiger partial charge on any atom is -0.478 e. The van der Waals surface area contributed by atoms with E-state index in [9.17, 15) is 36.3 Å². The van der Waals surface area contributed by atoms with Gasteiger partial charge < -0.3 is 5.11 Å². The maximum Gasteiger partial charge on any atom is 0.416 e. The number of aromatic carboxylic acids is 1. The van der Waals surface area contributed by atoms with Gasteiger partial charge in [0.2, 0.25) is 0 Å². The third-order valence-electron chi connectivity index (χ3n) is 5.95. The number of pyridine rings is 1. The first kappa shape index (κ1) is 24.8. The van der Waals surface area contributed by atoms with E-state index >= 15 is 0 Å². The summed E-state index contributed by atoms with van der Waals surface area (Å²) in [5, 5.41) is 10.1. The molecule has 0 spiro atoms. The molecule has 11 heteroatoms. The van der Waals surface area contributed by atoms with Crippen molar-refractivity contribution in [2.24, 2.45) is 0 Å². The number of alkyl halides is 3. The Labute approximate surface area is 199 Å². The topological polar surface area (TPSA) is 105 Å². The number of carboxylic acids is 1. The summed E-state index contributed by atoms with van der Waals surface area (Å²) in [7, 11) is -3.86. The smallest absolute Gasteiger partial charge is 0.416 e. The van der Waals surface area contributed by atoms with Crippen molar-refractivity contribution in [3.8, 4) is 11.3 Å². The number of sulfone groups is 1. The second-order valence-electron chi connectivity index (χ2n) is 8.43. The molecule has 2 heterocycles. The third-order valence-corrected chi connectivity index (χ3v) is 7.09. The molecule has 2 aromatic carbocycles. The fourth-order valence-electron chi connectivity index (χ4n) is 4.29. The van der Waals surface area contributed by atoms with Crippen LogP contribution in [0.1, 0.15) is 34.3 Å². The van der Waals surface area contributed by atoms with Gasteiger partial charge in [0.15, 0.2) is 9.84 Å². The summed E-state index contributed by atoms with van der Waals surface area (Å²) in [6, 6.07) is 8.52. The summed E-state index contributed by atoms with van der Waals surface area (Å²) in [4.78, 5) is 30.3. The van der Waals surface area contributed by atoms with Gasteiger partial charge >= 0.3 is 12.1 Å². The molecule has 7 nitrogen and oxygen atoms in total. The fourth-order valence-corrected chi connectivity index (χ4v) is 5.19. The molecule has 0 bridgehead atoms. The highest BCUT2D eigenvalue weighted by molar-refractivity contribution is 7.91. The second kappa shape index (κ2) is 9.04. The Bertz CT molecular complexity index is 1440. The summed E-state index contributed by atoms with van der Waals surface area (Å²) in [6.45, 7) is 0.652. The molecule has 0 aliphatic carbocycles. The van der Waals surface area contributed by atoms with Crippen molar-refractivity contribution in [2.75, 3.05) is 19.3 Å². The van der Waals surface area contributed by atoms with E-state index in [2.05, 4.69) is 4.98 Å². The number of piperidine rings is 1. The van der Waals surface area contributed by atoms with E-state index in [4.69, 9.17) is 0 Å². The molecule has 3 aromatic rings. The lowest BCUT2D eigenvalue weighted by Crippen LogP contribution is -2.34. The molecular weight excluding hydrogens is 485 g/mol. The number of nitrogens with zero attached hydrogens (tertiary/aromatic N) is 2. The molecule has 184 valence electrons. The lowest BCUT2D eigenvalue weighted by atomic mass is 9.94. The molecule has 0 unspecified atom stereocenters. The van der Waals surface area contributed by atoms with E-state index in [1.165, 1.54) is 30.3 Å². The van der Waals surface area contributed by atoms with Gasteiger partial charge in [-0.15, -0.1) is 0 Å². The number of ketones is 1. The number of halogens is 3. The van der Waals surface area contributed by atoms with E-state index in [-0.39, 0.29) is 63.4 Å². The summed E-state index contributed by atoms with van der Waals surface area (Å²) < 4.78 is 65.2. The van der Waals surface area contributed by atoms with Crippen molar-refractivity contribution >= 4 is 32.5 Å². The van der Waals surface area contributed by atoms with E-state index in [0.29, 0.717) is 13.1 Å². The molecule has 0 saturated carbocycles. The number of aromatic nitrogens is 1. The van der Waals surface area contributed by atoms with Gasteiger partial charge in [-0.3, -0.25) is 9.69 Å². The predicted molar refractivity (Wildman–Crippen MR) is 122 cm³/mol. The largest absolute Gasteiger partial charge is 0.478 e. The lowest BCUT2D eigenvalue weighted by Gasteiger charge is -2.28. The van der Waals surface area contributed by atoms with Crippen LogP contribution < -0.4 is 0 Å². The number of carbonyl (C=O) groups is 2. The summed E-state index contributed by atoms with van der Waals surface area (Å²) in [5.74, 6) is -1.36. The SMILES string of the molecule is CS(=O)(=O)c1cccc2nc(-c3cccc(C(F)(F)F)c3)c(CN3CCC(=O)CC3)c(C(=O)O)c12. The number of carboxylic acid groups (broad SMARTS) is 1. The van der Waals surface area contributed by atoms with Gasteiger partial charge in [-0.25, -0.2) is 18.2 Å². The van der Waals surface area contributed by atoms with Crippen LogP contribution in [0.4, 0.5) is 13.2 Å². The van der Waals surface area contributed by atoms with Gasteiger partial charge in [-0.1, -0.05) is 18.2 Å². The van der Waals surface area contributed by atoms with Crippen molar-refractivity contribution in [1.82, 2.24) is 9.88 Å². The molecule has 1 aliphatic rings. The predicted octanol–water partition coefficient (Wildman–Crippen LogP) is 4.19. The van der Waals surface area contributed by atoms with Crippen LogP contribution in [-0.2, 0) is 27.4 Å². The molecule has 1 aromatic heterocycles. The van der Waals surface area contributed by atoms with E-state index < -0.39 is 27.5 Å². The Morgan fingerprint density at radius 1 is 1.11 bits per heavy atom. The van der Waals surface area contributed by atoms with Gasteiger partial charge in [0.1, 0.15) is 5.78 Å². The standard InChI is InChI=1S/C24H21F3N2O5S/c1-35(33,34)19-7-3-6-18-21(19)20(23(31)32)17(13-29-10-8-16(30)9-11-29)22(28-18)14-4-2-5-15(12-14)24(25,26)27/h2-7,12H,8-11,13H2,1H3,(H,31,32). The average molecular weight is 507 g/mol. The second-order valence-corrected chi connectivity index (χ2v) is 10.4. The minimum absolute atomic E-state index is 0.0172. The maximum atomic E-state index is 13.4. The molecule has 35 heavy (non-hydrogen) atoms. The van der Waals surface area contributed by atoms with Crippen molar-refractivity contribution < 1.29 is 36.3 Å². The van der Waals surface area contributed by atoms with Gasteiger partial charge in [0.05, 0.1) is 27.2 Å². The molecule has 1 fully saturated rings. The Morgan fingerprint density at radius 3 is 2.37 bits per heavy atom. The molecule has 0 amide bonds. The Morgan fingerprint density at radius 2 is 1.77 bits per heavy atom. The first-order valence-corrected chi connectivity index (χ1v) is 12.6. The molecule has 0 radical (unpaired) electrons. The number of fused-ring (bicyclic) bond motifs is 1. The molecule has 1 N–H and O–H groups in total. The fraction of sp³-hybridized carbons (Fsp3) is 0.292. The first-order chi connectivity index (χ1) is 16.4. The zero-order valence-corrected chi connectivity index (χ0v) is 19.4. The van der Waals surface area contributed by atoms with Crippen LogP contribution in [0, 0.1) is 0 Å². The van der Waals surface area contributed by atoms with E-state index in [0.717, 1.165) is 18.4 Å². The van der Waals surface area contributed by atoms with Crippen LogP contribution in [0.5, 0.6) is 0 Å². The van der Waals surface area contributed by atoms with Crippen LogP contribution >= 0.6 is 0 Å². The molecule has 1 aliphatic heterocycles. The first-order valence-electron chi connectivity index (χ1n) is 10.7. The Balaban J connectivity index is 2.05. The highest BCUT2D eigenvalue weighted by Gasteiger charge is 2.32. The Kier molecular flexibility index (Phi) is 6.41. The van der Waals surface area contributed by atoms with Crippen LogP contribution in [-0.4, -0.2) is 54.5 Å². The number of carbonyl (C=O) groups excluding carboxylic acids is 1. The summed E-state index contributed by atoms with van der Waals surface area (Å²) >= 11 is 0. The highest BCUT2D eigenvalue weighted by Crippen LogP contribution is 2.37. The van der Waals surface area contributed by atoms with E-state index in [1.807, 2.05) is 4.90 Å².